The highest BCUT2D eigenvalue weighted by Crippen LogP contribution is 2.25. The number of amides is 1. The van der Waals surface area contributed by atoms with Crippen LogP contribution in [0, 0.1) is 11.7 Å². The number of aromatic nitrogens is 2. The van der Waals surface area contributed by atoms with Gasteiger partial charge in [-0.15, -0.1) is 0 Å². The number of aromatic amines is 1. The van der Waals surface area contributed by atoms with E-state index >= 15 is 0 Å². The molecule has 1 amide bonds. The number of fused-ring (bicyclic) bond motifs is 1. The molecule has 0 bridgehead atoms. The van der Waals surface area contributed by atoms with Crippen LogP contribution in [0.5, 0.6) is 0 Å². The zero-order valence-corrected chi connectivity index (χ0v) is 16.3. The molecule has 1 aliphatic carbocycles. The van der Waals surface area contributed by atoms with E-state index < -0.39 is 21.8 Å². The molecule has 150 valence electrons. The van der Waals surface area contributed by atoms with Gasteiger partial charge >= 0.3 is 0 Å². The standard InChI is InChI=1S/C19H23FN4O3S/c20-14-5-7-15(8-6-14)28(26,27)24-10-9-13(12-24)19(25)21-11-18-16-3-1-2-4-17(16)22-23-18/h5-8,13H,1-4,9-12H2,(H,21,25)(H,22,23)/t13-/m1/s1. The summed E-state index contributed by atoms with van der Waals surface area (Å²) in [6.07, 6.45) is 4.72. The van der Waals surface area contributed by atoms with Crippen LogP contribution < -0.4 is 5.32 Å². The average Bonchev–Trinajstić information content (AvgIpc) is 3.34. The monoisotopic (exact) mass is 406 g/mol. The van der Waals surface area contributed by atoms with Crippen LogP contribution >= 0.6 is 0 Å². The van der Waals surface area contributed by atoms with Crippen LogP contribution in [0.3, 0.4) is 0 Å². The Morgan fingerprint density at radius 3 is 2.79 bits per heavy atom. The molecule has 2 N–H and O–H groups in total. The lowest BCUT2D eigenvalue weighted by Gasteiger charge is -2.17. The van der Waals surface area contributed by atoms with Crippen LogP contribution in [0.4, 0.5) is 4.39 Å². The molecule has 1 aromatic heterocycles. The van der Waals surface area contributed by atoms with Gasteiger partial charge in [-0.25, -0.2) is 12.8 Å². The lowest BCUT2D eigenvalue weighted by Crippen LogP contribution is -2.34. The molecule has 28 heavy (non-hydrogen) atoms. The van der Waals surface area contributed by atoms with Gasteiger partial charge in [-0.05, 0) is 61.9 Å². The minimum Gasteiger partial charge on any atom is -0.350 e. The first-order chi connectivity index (χ1) is 13.4. The number of halogens is 1. The zero-order valence-electron chi connectivity index (χ0n) is 15.4. The van der Waals surface area contributed by atoms with Crippen LogP contribution in [0.1, 0.15) is 36.2 Å². The molecular weight excluding hydrogens is 383 g/mol. The summed E-state index contributed by atoms with van der Waals surface area (Å²) in [5, 5.41) is 10.3. The van der Waals surface area contributed by atoms with Gasteiger partial charge in [0.25, 0.3) is 0 Å². The van der Waals surface area contributed by atoms with Crippen LogP contribution in [0.15, 0.2) is 29.2 Å². The second kappa shape index (κ2) is 7.63. The van der Waals surface area contributed by atoms with Gasteiger partial charge in [-0.1, -0.05) is 0 Å². The van der Waals surface area contributed by atoms with E-state index in [0.29, 0.717) is 13.0 Å². The fourth-order valence-electron chi connectivity index (χ4n) is 3.93. The average molecular weight is 406 g/mol. The number of hydrogen-bond acceptors (Lipinski definition) is 4. The Balaban J connectivity index is 1.36. The third kappa shape index (κ3) is 3.68. The Kier molecular flexibility index (Phi) is 5.20. The van der Waals surface area contributed by atoms with E-state index in [1.54, 1.807) is 0 Å². The summed E-state index contributed by atoms with van der Waals surface area (Å²) in [7, 11) is -3.72. The van der Waals surface area contributed by atoms with E-state index in [1.165, 1.54) is 22.0 Å². The van der Waals surface area contributed by atoms with Crippen molar-refractivity contribution < 1.29 is 17.6 Å². The first-order valence-electron chi connectivity index (χ1n) is 9.53. The van der Waals surface area contributed by atoms with E-state index in [2.05, 4.69) is 15.5 Å². The van der Waals surface area contributed by atoms with Crippen LogP contribution in [-0.4, -0.2) is 41.9 Å². The van der Waals surface area contributed by atoms with Gasteiger partial charge in [0.2, 0.25) is 15.9 Å². The molecule has 2 aromatic rings. The summed E-state index contributed by atoms with van der Waals surface area (Å²) in [6.45, 7) is 0.756. The summed E-state index contributed by atoms with van der Waals surface area (Å²) in [5.41, 5.74) is 3.24. The summed E-state index contributed by atoms with van der Waals surface area (Å²) in [4.78, 5) is 12.6. The molecule has 4 rings (SSSR count). The number of sulfonamides is 1. The van der Waals surface area contributed by atoms with E-state index in [1.807, 2.05) is 0 Å². The van der Waals surface area contributed by atoms with Crippen molar-refractivity contribution in [3.05, 3.63) is 47.0 Å². The molecule has 2 aliphatic rings. The molecule has 7 nitrogen and oxygen atoms in total. The number of H-pyrrole nitrogens is 1. The maximum absolute atomic E-state index is 13.1. The molecule has 1 fully saturated rings. The molecule has 0 unspecified atom stereocenters. The highest BCUT2D eigenvalue weighted by Gasteiger charge is 2.35. The maximum atomic E-state index is 13.1. The predicted molar refractivity (Wildman–Crippen MR) is 100 cm³/mol. The number of carbonyl (C=O) groups is 1. The molecule has 9 heteroatoms. The summed E-state index contributed by atoms with van der Waals surface area (Å²) in [5.74, 6) is -1.05. The summed E-state index contributed by atoms with van der Waals surface area (Å²) < 4.78 is 39.7. The van der Waals surface area contributed by atoms with E-state index in [9.17, 15) is 17.6 Å². The topological polar surface area (TPSA) is 95.2 Å². The third-order valence-corrected chi connectivity index (χ3v) is 7.42. The summed E-state index contributed by atoms with van der Waals surface area (Å²) >= 11 is 0. The van der Waals surface area contributed by atoms with Crippen molar-refractivity contribution in [2.24, 2.45) is 5.92 Å². The van der Waals surface area contributed by atoms with Crippen molar-refractivity contribution in [1.82, 2.24) is 19.8 Å². The molecule has 0 saturated carbocycles. The summed E-state index contributed by atoms with van der Waals surface area (Å²) in [6, 6.07) is 4.74. The second-order valence-corrected chi connectivity index (χ2v) is 9.29. The van der Waals surface area contributed by atoms with Gasteiger partial charge in [0.1, 0.15) is 5.82 Å². The molecule has 1 saturated heterocycles. The highest BCUT2D eigenvalue weighted by atomic mass is 32.2. The molecule has 1 aromatic carbocycles. The molecule has 2 heterocycles. The number of rotatable bonds is 5. The van der Waals surface area contributed by atoms with Crippen molar-refractivity contribution in [2.45, 2.75) is 43.5 Å². The normalized spacial score (nSPS) is 20.1. The minimum absolute atomic E-state index is 0.0399. The number of nitrogens with zero attached hydrogens (tertiary/aromatic N) is 2. The zero-order chi connectivity index (χ0) is 19.7. The van der Waals surface area contributed by atoms with Crippen molar-refractivity contribution >= 4 is 15.9 Å². The molecule has 1 aliphatic heterocycles. The molecular formula is C19H23FN4O3S. The van der Waals surface area contributed by atoms with Gasteiger partial charge in [-0.2, -0.15) is 9.40 Å². The van der Waals surface area contributed by atoms with Gasteiger partial charge in [0, 0.05) is 18.8 Å². The van der Waals surface area contributed by atoms with Crippen molar-refractivity contribution in [2.75, 3.05) is 13.1 Å². The molecule has 0 spiro atoms. The number of nitrogens with one attached hydrogen (secondary N) is 2. The van der Waals surface area contributed by atoms with Crippen molar-refractivity contribution in [1.29, 1.82) is 0 Å². The van der Waals surface area contributed by atoms with Crippen molar-refractivity contribution in [3.8, 4) is 0 Å². The largest absolute Gasteiger partial charge is 0.350 e. The Bertz CT molecular complexity index is 972. The Hall–Kier alpha value is -2.26. The Morgan fingerprint density at radius 1 is 1.25 bits per heavy atom. The lowest BCUT2D eigenvalue weighted by atomic mass is 9.96. The molecule has 1 atom stereocenters. The number of carbonyl (C=O) groups excluding carboxylic acids is 1. The Labute approximate surface area is 163 Å². The first kappa shape index (κ1) is 19.1. The smallest absolute Gasteiger partial charge is 0.243 e. The highest BCUT2D eigenvalue weighted by molar-refractivity contribution is 7.89. The fourth-order valence-corrected chi connectivity index (χ4v) is 5.43. The third-order valence-electron chi connectivity index (χ3n) is 5.55. The van der Waals surface area contributed by atoms with Crippen LogP contribution in [0.25, 0.3) is 0 Å². The van der Waals surface area contributed by atoms with Gasteiger partial charge in [0.15, 0.2) is 0 Å². The van der Waals surface area contributed by atoms with Gasteiger partial charge in [0.05, 0.1) is 23.1 Å². The van der Waals surface area contributed by atoms with E-state index in [4.69, 9.17) is 0 Å². The van der Waals surface area contributed by atoms with E-state index in [0.717, 1.165) is 49.2 Å². The van der Waals surface area contributed by atoms with Gasteiger partial charge < -0.3 is 5.32 Å². The quantitative estimate of drug-likeness (QED) is 0.791. The Morgan fingerprint density at radius 2 is 2.00 bits per heavy atom. The minimum atomic E-state index is -3.72. The van der Waals surface area contributed by atoms with E-state index in [-0.39, 0.29) is 23.9 Å². The number of aryl methyl sites for hydroxylation is 1. The maximum Gasteiger partial charge on any atom is 0.243 e. The predicted octanol–water partition coefficient (Wildman–Crippen LogP) is 1.75. The fraction of sp³-hybridized carbons (Fsp3) is 0.474. The SMILES string of the molecule is O=C(NCc1n[nH]c2c1CCCC2)[C@@H]1CCN(S(=O)(=O)c2ccc(F)cc2)C1. The van der Waals surface area contributed by atoms with Crippen molar-refractivity contribution in [3.63, 3.8) is 0 Å². The number of hydrogen-bond donors (Lipinski definition) is 2. The second-order valence-electron chi connectivity index (χ2n) is 7.35. The number of benzene rings is 1. The lowest BCUT2D eigenvalue weighted by molar-refractivity contribution is -0.124. The molecule has 0 radical (unpaired) electrons. The van der Waals surface area contributed by atoms with Crippen LogP contribution in [-0.2, 0) is 34.2 Å². The van der Waals surface area contributed by atoms with Gasteiger partial charge in [-0.3, -0.25) is 9.89 Å². The van der Waals surface area contributed by atoms with Crippen LogP contribution in [0.2, 0.25) is 0 Å². The first-order valence-corrected chi connectivity index (χ1v) is 11.0.